The summed E-state index contributed by atoms with van der Waals surface area (Å²) in [4.78, 5) is 0. The van der Waals surface area contributed by atoms with E-state index in [1.807, 2.05) is 6.08 Å². The number of rotatable bonds is 4. The zero-order chi connectivity index (χ0) is 21.2. The van der Waals surface area contributed by atoms with Crippen molar-refractivity contribution in [3.8, 4) is 35.5 Å². The van der Waals surface area contributed by atoms with E-state index in [9.17, 15) is 15.8 Å². The molecule has 0 saturated heterocycles. The molecule has 0 radical (unpaired) electrons. The average molecular weight is 390 g/mol. The highest BCUT2D eigenvalue weighted by Gasteiger charge is 2.57. The number of nitriles is 3. The molecule has 1 saturated carbocycles. The van der Waals surface area contributed by atoms with E-state index in [2.05, 4.69) is 18.2 Å². The smallest absolute Gasteiger partial charge is 0.203 e. The van der Waals surface area contributed by atoms with Crippen LogP contribution in [0.2, 0.25) is 0 Å². The summed E-state index contributed by atoms with van der Waals surface area (Å²) in [5, 5.41) is 38.5. The van der Waals surface area contributed by atoms with Gasteiger partial charge in [0.15, 0.2) is 16.9 Å². The third-order valence-corrected chi connectivity index (χ3v) is 5.97. The van der Waals surface area contributed by atoms with Crippen LogP contribution in [0.5, 0.6) is 17.2 Å². The monoisotopic (exact) mass is 390 g/mol. The first-order valence-electron chi connectivity index (χ1n) is 9.33. The predicted molar refractivity (Wildman–Crippen MR) is 105 cm³/mol. The van der Waals surface area contributed by atoms with Crippen LogP contribution in [0.4, 0.5) is 0 Å². The molecule has 1 N–H and O–H groups in total. The zero-order valence-corrected chi connectivity index (χ0v) is 16.7. The van der Waals surface area contributed by atoms with Gasteiger partial charge in [-0.15, -0.1) is 0 Å². The lowest BCUT2D eigenvalue weighted by atomic mass is 9.53. The second kappa shape index (κ2) is 7.86. The van der Waals surface area contributed by atoms with Crippen LogP contribution in [0.3, 0.4) is 0 Å². The zero-order valence-electron chi connectivity index (χ0n) is 16.7. The van der Waals surface area contributed by atoms with Crippen molar-refractivity contribution < 1.29 is 14.2 Å². The Morgan fingerprint density at radius 2 is 1.66 bits per heavy atom. The van der Waals surface area contributed by atoms with E-state index in [1.54, 1.807) is 12.1 Å². The largest absolute Gasteiger partial charge is 0.493 e. The molecule has 0 amide bonds. The maximum absolute atomic E-state index is 10.1. The average Bonchev–Trinajstić information content (AvgIpc) is 2.77. The van der Waals surface area contributed by atoms with Crippen LogP contribution < -0.4 is 14.2 Å². The van der Waals surface area contributed by atoms with Gasteiger partial charge in [-0.3, -0.25) is 0 Å². The Morgan fingerprint density at radius 3 is 2.14 bits per heavy atom. The molecule has 0 aliphatic heterocycles. The minimum atomic E-state index is -1.75. The number of allylic oxidation sites excluding steroid dienone is 2. The summed E-state index contributed by atoms with van der Waals surface area (Å²) in [5.41, 5.74) is -0.414. The molecule has 0 spiro atoms. The Kier molecular flexibility index (Phi) is 5.48. The fourth-order valence-corrected chi connectivity index (χ4v) is 4.67. The predicted octanol–water partition coefficient (Wildman–Crippen LogP) is 3.73. The number of hydrogen-bond donors (Lipinski definition) is 1. The minimum Gasteiger partial charge on any atom is -0.493 e. The van der Waals surface area contributed by atoms with Crippen molar-refractivity contribution in [3.05, 3.63) is 29.3 Å². The molecule has 7 nitrogen and oxygen atoms in total. The molecule has 2 aliphatic carbocycles. The molecule has 3 rings (SSSR count). The van der Waals surface area contributed by atoms with Crippen molar-refractivity contribution >= 4 is 5.71 Å². The van der Waals surface area contributed by atoms with Gasteiger partial charge < -0.3 is 19.6 Å². The minimum absolute atomic E-state index is 0.159. The van der Waals surface area contributed by atoms with Gasteiger partial charge in [-0.2, -0.15) is 15.8 Å². The van der Waals surface area contributed by atoms with E-state index >= 15 is 0 Å². The maximum Gasteiger partial charge on any atom is 0.203 e. The number of hydrogen-bond acceptors (Lipinski definition) is 7. The molecular formula is C22H22N4O3. The molecule has 1 fully saturated rings. The van der Waals surface area contributed by atoms with Crippen molar-refractivity contribution in [1.82, 2.24) is 0 Å². The Labute approximate surface area is 170 Å². The number of methoxy groups -OCH3 is 3. The van der Waals surface area contributed by atoms with Gasteiger partial charge in [-0.05, 0) is 48.4 Å². The van der Waals surface area contributed by atoms with E-state index in [4.69, 9.17) is 19.6 Å². The van der Waals surface area contributed by atoms with Crippen molar-refractivity contribution in [1.29, 1.82) is 21.2 Å². The van der Waals surface area contributed by atoms with Gasteiger partial charge in [-0.1, -0.05) is 6.08 Å². The Bertz CT molecular complexity index is 954. The quantitative estimate of drug-likeness (QED) is 0.781. The van der Waals surface area contributed by atoms with Crippen molar-refractivity contribution in [2.45, 2.75) is 25.2 Å². The molecule has 1 aromatic rings. The fraction of sp³-hybridized carbons (Fsp3) is 0.455. The first-order valence-corrected chi connectivity index (χ1v) is 9.33. The van der Waals surface area contributed by atoms with Gasteiger partial charge in [0.2, 0.25) is 5.75 Å². The topological polar surface area (TPSA) is 123 Å². The first-order chi connectivity index (χ1) is 14.0. The van der Waals surface area contributed by atoms with E-state index in [0.29, 0.717) is 22.8 Å². The number of benzene rings is 1. The first kappa shape index (κ1) is 20.2. The molecule has 0 unspecified atom stereocenters. The third kappa shape index (κ3) is 2.89. The lowest BCUT2D eigenvalue weighted by molar-refractivity contribution is 0.307. The van der Waals surface area contributed by atoms with Crippen LogP contribution in [-0.4, -0.2) is 27.0 Å². The molecule has 0 heterocycles. The number of nitrogens with one attached hydrogen (secondary N) is 1. The molecular weight excluding hydrogens is 368 g/mol. The second-order valence-electron chi connectivity index (χ2n) is 7.19. The van der Waals surface area contributed by atoms with Crippen LogP contribution in [0, 0.1) is 56.7 Å². The molecule has 1 aromatic carbocycles. The van der Waals surface area contributed by atoms with Gasteiger partial charge in [0.25, 0.3) is 0 Å². The van der Waals surface area contributed by atoms with E-state index in [1.165, 1.54) is 21.3 Å². The van der Waals surface area contributed by atoms with Crippen LogP contribution in [0.15, 0.2) is 23.8 Å². The normalized spacial score (nSPS) is 24.8. The van der Waals surface area contributed by atoms with Gasteiger partial charge >= 0.3 is 0 Å². The lowest BCUT2D eigenvalue weighted by Crippen LogP contribution is -2.48. The van der Waals surface area contributed by atoms with E-state index < -0.39 is 17.3 Å². The molecule has 0 aromatic heterocycles. The van der Waals surface area contributed by atoms with Gasteiger partial charge in [-0.25, -0.2) is 0 Å². The Balaban J connectivity index is 2.31. The van der Waals surface area contributed by atoms with Crippen molar-refractivity contribution in [3.63, 3.8) is 0 Å². The summed E-state index contributed by atoms with van der Waals surface area (Å²) in [6.45, 7) is 0. The summed E-state index contributed by atoms with van der Waals surface area (Å²) in [7, 11) is 4.51. The highest BCUT2D eigenvalue weighted by molar-refractivity contribution is 6.00. The third-order valence-electron chi connectivity index (χ3n) is 5.97. The molecule has 3 atom stereocenters. The highest BCUT2D eigenvalue weighted by Crippen LogP contribution is 2.56. The SMILES string of the molecule is COc1cc([C@@H]2[C@@H]3CCCC=C3[C@H](C#N)C(=N)C2(C#N)C#N)cc(OC)c1OC. The second-order valence-corrected chi connectivity index (χ2v) is 7.19. The van der Waals surface area contributed by atoms with E-state index in [-0.39, 0.29) is 11.6 Å². The summed E-state index contributed by atoms with van der Waals surface area (Å²) < 4.78 is 16.3. The molecule has 0 bridgehead atoms. The number of fused-ring (bicyclic) bond motifs is 1. The summed E-state index contributed by atoms with van der Waals surface area (Å²) in [5.74, 6) is -0.403. The number of ether oxygens (including phenoxy) is 3. The number of nitrogens with zero attached hydrogens (tertiary/aromatic N) is 3. The van der Waals surface area contributed by atoms with Crippen molar-refractivity contribution in [2.75, 3.05) is 21.3 Å². The standard InChI is InChI=1S/C22H22N4O3/c1-27-17-8-13(9-18(28-2)20(17)29-3)19-15-7-5-4-6-14(15)16(10-23)21(26)22(19,11-24)12-25/h6,8-9,15-16,19,26H,4-5,7H2,1-3H3/t15-,16+,19-/m1/s1. The molecule has 2 aliphatic rings. The van der Waals surface area contributed by atoms with Crippen molar-refractivity contribution in [2.24, 2.45) is 17.3 Å². The van der Waals surface area contributed by atoms with Gasteiger partial charge in [0, 0.05) is 5.92 Å². The molecule has 148 valence electrons. The van der Waals surface area contributed by atoms with Gasteiger partial charge in [0.05, 0.1) is 45.2 Å². The van der Waals surface area contributed by atoms with Crippen LogP contribution in [0.25, 0.3) is 0 Å². The Hall–Kier alpha value is -3.50. The summed E-state index contributed by atoms with van der Waals surface area (Å²) >= 11 is 0. The van der Waals surface area contributed by atoms with E-state index in [0.717, 1.165) is 24.8 Å². The highest BCUT2D eigenvalue weighted by atomic mass is 16.5. The maximum atomic E-state index is 10.1. The summed E-state index contributed by atoms with van der Waals surface area (Å²) in [6, 6.07) is 9.80. The fourth-order valence-electron chi connectivity index (χ4n) is 4.67. The van der Waals surface area contributed by atoms with Crippen LogP contribution >= 0.6 is 0 Å². The van der Waals surface area contributed by atoms with Crippen LogP contribution in [-0.2, 0) is 0 Å². The lowest BCUT2D eigenvalue weighted by Gasteiger charge is -2.45. The molecule has 7 heteroatoms. The van der Waals surface area contributed by atoms with Gasteiger partial charge in [0.1, 0.15) is 5.92 Å². The van der Waals surface area contributed by atoms with Crippen LogP contribution in [0.1, 0.15) is 30.7 Å². The molecule has 29 heavy (non-hydrogen) atoms. The Morgan fingerprint density at radius 1 is 1.03 bits per heavy atom. The summed E-state index contributed by atoms with van der Waals surface area (Å²) in [6.07, 6.45) is 4.46.